The highest BCUT2D eigenvalue weighted by molar-refractivity contribution is 6.32. The highest BCUT2D eigenvalue weighted by atomic mass is 35.5. The van der Waals surface area contributed by atoms with Gasteiger partial charge in [-0.25, -0.2) is 19.3 Å². The Morgan fingerprint density at radius 1 is 1.38 bits per heavy atom. The van der Waals surface area contributed by atoms with Gasteiger partial charge in [0.15, 0.2) is 5.82 Å². The van der Waals surface area contributed by atoms with Gasteiger partial charge < -0.3 is 10.2 Å². The fraction of sp³-hybridized carbons (Fsp3) is 0.316. The monoisotopic (exact) mass is 413 g/mol. The van der Waals surface area contributed by atoms with Crippen LogP contribution in [-0.2, 0) is 4.79 Å². The molecular weight excluding hydrogens is 397 g/mol. The Kier molecular flexibility index (Phi) is 5.27. The molecule has 1 unspecified atom stereocenters. The molecule has 0 aromatic carbocycles. The van der Waals surface area contributed by atoms with Crippen LogP contribution in [0.5, 0.6) is 0 Å². The van der Waals surface area contributed by atoms with Crippen molar-refractivity contribution in [1.29, 1.82) is 5.26 Å². The van der Waals surface area contributed by atoms with Crippen molar-refractivity contribution in [3.63, 3.8) is 0 Å². The zero-order valence-corrected chi connectivity index (χ0v) is 16.1. The number of anilines is 1. The Morgan fingerprint density at radius 2 is 2.24 bits per heavy atom. The maximum atomic E-state index is 13.6. The average Bonchev–Trinajstić information content (AvgIpc) is 3.13. The Morgan fingerprint density at radius 3 is 3.07 bits per heavy atom. The number of likely N-dealkylation sites (tertiary alicyclic amines) is 1. The number of hydrogen-bond acceptors (Lipinski definition) is 6. The third-order valence-corrected chi connectivity index (χ3v) is 5.06. The number of carbonyl (C=O) groups is 1. The molecule has 148 valence electrons. The molecule has 4 rings (SSSR count). The number of nitriles is 1. The van der Waals surface area contributed by atoms with E-state index in [-0.39, 0.29) is 18.4 Å². The lowest BCUT2D eigenvalue weighted by Gasteiger charge is -2.33. The maximum absolute atomic E-state index is 13.6. The van der Waals surface area contributed by atoms with E-state index in [4.69, 9.17) is 16.9 Å². The fourth-order valence-corrected chi connectivity index (χ4v) is 3.55. The summed E-state index contributed by atoms with van der Waals surface area (Å²) in [4.78, 5) is 26.7. The first-order valence-electron chi connectivity index (χ1n) is 9.12. The molecule has 0 spiro atoms. The maximum Gasteiger partial charge on any atom is 0.236 e. The van der Waals surface area contributed by atoms with Gasteiger partial charge in [0.25, 0.3) is 0 Å². The van der Waals surface area contributed by atoms with Gasteiger partial charge in [-0.3, -0.25) is 9.20 Å². The second kappa shape index (κ2) is 8.01. The van der Waals surface area contributed by atoms with Gasteiger partial charge in [0.05, 0.1) is 18.5 Å². The first-order valence-corrected chi connectivity index (χ1v) is 9.49. The van der Waals surface area contributed by atoms with Crippen LogP contribution in [0.15, 0.2) is 30.7 Å². The van der Waals surface area contributed by atoms with Crippen LogP contribution in [0.3, 0.4) is 0 Å². The van der Waals surface area contributed by atoms with Crippen LogP contribution in [0.1, 0.15) is 19.3 Å². The van der Waals surface area contributed by atoms with Crippen molar-refractivity contribution in [2.75, 3.05) is 18.4 Å². The molecule has 29 heavy (non-hydrogen) atoms. The van der Waals surface area contributed by atoms with Gasteiger partial charge >= 0.3 is 0 Å². The number of pyridine rings is 1. The van der Waals surface area contributed by atoms with Crippen LogP contribution in [0.25, 0.3) is 17.2 Å². The van der Waals surface area contributed by atoms with E-state index in [9.17, 15) is 9.18 Å². The van der Waals surface area contributed by atoms with Crippen molar-refractivity contribution in [1.82, 2.24) is 24.3 Å². The summed E-state index contributed by atoms with van der Waals surface area (Å²) >= 11 is 6.28. The van der Waals surface area contributed by atoms with Gasteiger partial charge in [-0.05, 0) is 25.0 Å². The average molecular weight is 414 g/mol. The first-order chi connectivity index (χ1) is 14.0. The minimum atomic E-state index is -0.395. The zero-order valence-electron chi connectivity index (χ0n) is 15.3. The van der Waals surface area contributed by atoms with E-state index in [0.717, 1.165) is 12.8 Å². The molecule has 0 aliphatic carbocycles. The normalized spacial score (nSPS) is 16.6. The summed E-state index contributed by atoms with van der Waals surface area (Å²) in [5.74, 6) is 0.209. The van der Waals surface area contributed by atoms with Crippen molar-refractivity contribution >= 4 is 29.0 Å². The molecule has 1 atom stereocenters. The number of hydrogen-bond donors (Lipinski definition) is 1. The topological polar surface area (TPSA) is 99.2 Å². The van der Waals surface area contributed by atoms with E-state index in [1.54, 1.807) is 21.6 Å². The third-order valence-electron chi connectivity index (χ3n) is 4.79. The molecule has 0 saturated carbocycles. The molecule has 0 radical (unpaired) electrons. The SMILES string of the molecule is N#CCC(=O)N1CCCC(Nc2nc(-c3cnc4ccc(F)cn34)ncc2Cl)C1. The van der Waals surface area contributed by atoms with Gasteiger partial charge in [0.2, 0.25) is 5.91 Å². The third kappa shape index (κ3) is 3.98. The molecular formula is C19H17ClFN7O. The minimum Gasteiger partial charge on any atom is -0.364 e. The van der Waals surface area contributed by atoms with E-state index in [0.29, 0.717) is 41.1 Å². The molecule has 1 aliphatic rings. The van der Waals surface area contributed by atoms with Gasteiger partial charge in [-0.1, -0.05) is 11.6 Å². The predicted octanol–water partition coefficient (Wildman–Crippen LogP) is 2.90. The number of carbonyl (C=O) groups excluding carboxylic acids is 1. The van der Waals surface area contributed by atoms with E-state index < -0.39 is 5.82 Å². The minimum absolute atomic E-state index is 0.0497. The lowest BCUT2D eigenvalue weighted by Crippen LogP contribution is -2.45. The molecule has 1 aliphatic heterocycles. The summed E-state index contributed by atoms with van der Waals surface area (Å²) in [6, 6.07) is 4.75. The Hall–Kier alpha value is -3.25. The number of nitrogens with one attached hydrogen (secondary N) is 1. The van der Waals surface area contributed by atoms with Crippen LogP contribution in [0.2, 0.25) is 5.02 Å². The number of halogens is 2. The summed E-state index contributed by atoms with van der Waals surface area (Å²) in [5.41, 5.74) is 1.11. The highest BCUT2D eigenvalue weighted by Crippen LogP contribution is 2.26. The molecule has 10 heteroatoms. The Bertz CT molecular complexity index is 1110. The molecule has 3 aromatic heterocycles. The van der Waals surface area contributed by atoms with Gasteiger partial charge in [0.1, 0.15) is 34.4 Å². The second-order valence-electron chi connectivity index (χ2n) is 6.77. The number of aromatic nitrogens is 4. The van der Waals surface area contributed by atoms with E-state index in [2.05, 4.69) is 20.3 Å². The van der Waals surface area contributed by atoms with Crippen molar-refractivity contribution < 1.29 is 9.18 Å². The molecule has 1 N–H and O–H groups in total. The van der Waals surface area contributed by atoms with Crippen molar-refractivity contribution in [2.24, 2.45) is 0 Å². The van der Waals surface area contributed by atoms with Gasteiger partial charge in [-0.2, -0.15) is 5.26 Å². The van der Waals surface area contributed by atoms with Crippen LogP contribution in [0.4, 0.5) is 10.2 Å². The molecule has 1 fully saturated rings. The number of amides is 1. The largest absolute Gasteiger partial charge is 0.364 e. The number of imidazole rings is 1. The number of fused-ring (bicyclic) bond motifs is 1. The summed E-state index contributed by atoms with van der Waals surface area (Å²) in [6.07, 6.45) is 5.90. The molecule has 0 bridgehead atoms. The lowest BCUT2D eigenvalue weighted by molar-refractivity contribution is -0.131. The second-order valence-corrected chi connectivity index (χ2v) is 7.17. The van der Waals surface area contributed by atoms with E-state index >= 15 is 0 Å². The summed E-state index contributed by atoms with van der Waals surface area (Å²) in [6.45, 7) is 1.10. The van der Waals surface area contributed by atoms with Gasteiger partial charge in [0, 0.05) is 25.3 Å². The van der Waals surface area contributed by atoms with Crippen molar-refractivity contribution in [2.45, 2.75) is 25.3 Å². The van der Waals surface area contributed by atoms with Crippen molar-refractivity contribution in [3.8, 4) is 17.6 Å². The Labute approximate surface area is 171 Å². The van der Waals surface area contributed by atoms with E-state index in [1.807, 2.05) is 6.07 Å². The fourth-order valence-electron chi connectivity index (χ4n) is 3.41. The number of piperidine rings is 1. The molecule has 8 nitrogen and oxygen atoms in total. The highest BCUT2D eigenvalue weighted by Gasteiger charge is 2.24. The Balaban J connectivity index is 1.58. The number of nitrogens with zero attached hydrogens (tertiary/aromatic N) is 6. The summed E-state index contributed by atoms with van der Waals surface area (Å²) < 4.78 is 15.2. The quantitative estimate of drug-likeness (QED) is 0.706. The van der Waals surface area contributed by atoms with Crippen LogP contribution in [0, 0.1) is 17.1 Å². The standard InChI is InChI=1S/C19H17ClFN7O/c20-14-8-24-19(15-9-23-16-4-3-12(21)10-28(15)16)26-18(14)25-13-2-1-7-27(11-13)17(29)5-6-22/h3-4,8-10,13H,1-2,5,7,11H2,(H,24,25,26). The summed E-state index contributed by atoms with van der Waals surface area (Å²) in [5, 5.41) is 12.4. The predicted molar refractivity (Wildman–Crippen MR) is 105 cm³/mol. The molecule has 3 aromatic rings. The van der Waals surface area contributed by atoms with Crippen LogP contribution >= 0.6 is 11.6 Å². The lowest BCUT2D eigenvalue weighted by atomic mass is 10.1. The van der Waals surface area contributed by atoms with Crippen LogP contribution < -0.4 is 5.32 Å². The zero-order chi connectivity index (χ0) is 20.4. The van der Waals surface area contributed by atoms with Crippen molar-refractivity contribution in [3.05, 3.63) is 41.6 Å². The molecule has 4 heterocycles. The smallest absolute Gasteiger partial charge is 0.236 e. The number of rotatable bonds is 4. The van der Waals surface area contributed by atoms with Crippen LogP contribution in [-0.4, -0.2) is 49.3 Å². The molecule has 1 saturated heterocycles. The van der Waals surface area contributed by atoms with Gasteiger partial charge in [-0.15, -0.1) is 0 Å². The molecule has 1 amide bonds. The first kappa shape index (κ1) is 19.1. The van der Waals surface area contributed by atoms with E-state index in [1.165, 1.54) is 18.5 Å². The summed E-state index contributed by atoms with van der Waals surface area (Å²) in [7, 11) is 0.